The fourth-order valence-corrected chi connectivity index (χ4v) is 2.88. The molecule has 0 radical (unpaired) electrons. The Labute approximate surface area is 161 Å². The molecule has 152 valence electrons. The maximum Gasteiger partial charge on any atom is 0.410 e. The minimum absolute atomic E-state index is 0.0791. The van der Waals surface area contributed by atoms with Gasteiger partial charge in [0, 0.05) is 43.4 Å². The number of carbonyl (C=O) groups is 3. The van der Waals surface area contributed by atoms with Crippen LogP contribution in [-0.4, -0.2) is 69.1 Å². The Morgan fingerprint density at radius 3 is 2.29 bits per heavy atom. The van der Waals surface area contributed by atoms with Gasteiger partial charge in [-0.3, -0.25) is 14.9 Å². The molecular formula is C18H23N3O7. The minimum Gasteiger partial charge on any atom is -0.478 e. The zero-order chi connectivity index (χ0) is 21.2. The van der Waals surface area contributed by atoms with Crippen molar-refractivity contribution < 1.29 is 29.2 Å². The molecule has 2 amide bonds. The first-order chi connectivity index (χ1) is 12.9. The number of rotatable bonds is 3. The van der Waals surface area contributed by atoms with Gasteiger partial charge in [-0.25, -0.2) is 9.59 Å². The van der Waals surface area contributed by atoms with Crippen molar-refractivity contribution in [2.24, 2.45) is 0 Å². The average Bonchev–Trinajstić information content (AvgIpc) is 2.58. The van der Waals surface area contributed by atoms with Gasteiger partial charge >= 0.3 is 12.1 Å². The summed E-state index contributed by atoms with van der Waals surface area (Å²) in [4.78, 5) is 49.5. The Kier molecular flexibility index (Phi) is 5.91. The van der Waals surface area contributed by atoms with Crippen molar-refractivity contribution in [2.45, 2.75) is 39.3 Å². The Morgan fingerprint density at radius 1 is 1.18 bits per heavy atom. The lowest BCUT2D eigenvalue weighted by Gasteiger charge is -2.40. The van der Waals surface area contributed by atoms with E-state index in [1.54, 1.807) is 27.7 Å². The Balaban J connectivity index is 2.18. The minimum atomic E-state index is -1.36. The molecule has 1 aromatic rings. The van der Waals surface area contributed by atoms with E-state index in [0.717, 1.165) is 18.2 Å². The molecule has 2 rings (SSSR count). The smallest absolute Gasteiger partial charge is 0.410 e. The van der Waals surface area contributed by atoms with Gasteiger partial charge in [0.25, 0.3) is 11.6 Å². The van der Waals surface area contributed by atoms with Crippen LogP contribution >= 0.6 is 0 Å². The number of nitro benzene ring substituents is 1. The number of aromatic carboxylic acids is 1. The second-order valence-electron chi connectivity index (χ2n) is 7.60. The van der Waals surface area contributed by atoms with Gasteiger partial charge in [-0.1, -0.05) is 0 Å². The van der Waals surface area contributed by atoms with Crippen LogP contribution in [0.3, 0.4) is 0 Å². The molecule has 0 aromatic heterocycles. The number of non-ortho nitro benzene ring substituents is 1. The number of carboxylic acids is 1. The van der Waals surface area contributed by atoms with Crippen molar-refractivity contribution >= 4 is 23.7 Å². The number of carbonyl (C=O) groups excluding carboxylic acids is 2. The number of hydrogen-bond donors (Lipinski definition) is 1. The van der Waals surface area contributed by atoms with Crippen LogP contribution in [0.1, 0.15) is 48.4 Å². The first kappa shape index (κ1) is 21.1. The molecule has 1 aliphatic heterocycles. The van der Waals surface area contributed by atoms with E-state index >= 15 is 0 Å². The van der Waals surface area contributed by atoms with E-state index in [1.807, 2.05) is 0 Å². The summed E-state index contributed by atoms with van der Waals surface area (Å²) in [5, 5.41) is 20.2. The molecule has 10 heteroatoms. The van der Waals surface area contributed by atoms with E-state index in [4.69, 9.17) is 9.84 Å². The monoisotopic (exact) mass is 393 g/mol. The highest BCUT2D eigenvalue weighted by Gasteiger charge is 2.33. The van der Waals surface area contributed by atoms with Crippen LogP contribution < -0.4 is 0 Å². The molecule has 1 aromatic carbocycles. The van der Waals surface area contributed by atoms with Crippen LogP contribution in [0.15, 0.2) is 18.2 Å². The van der Waals surface area contributed by atoms with Crippen molar-refractivity contribution in [2.75, 3.05) is 19.6 Å². The fraction of sp³-hybridized carbons (Fsp3) is 0.500. The van der Waals surface area contributed by atoms with Gasteiger partial charge in [0.15, 0.2) is 0 Å². The highest BCUT2D eigenvalue weighted by Crippen LogP contribution is 2.21. The number of ether oxygens (including phenoxy) is 1. The average molecular weight is 393 g/mol. The lowest BCUT2D eigenvalue weighted by Crippen LogP contribution is -2.56. The van der Waals surface area contributed by atoms with Gasteiger partial charge < -0.3 is 19.6 Å². The van der Waals surface area contributed by atoms with Crippen molar-refractivity contribution in [1.82, 2.24) is 9.80 Å². The SMILES string of the molecule is CC1CN(C(=O)c2cc(C(=O)O)cc([N+](=O)[O-])c2)CCN1C(=O)OC(C)(C)C. The predicted molar refractivity (Wildman–Crippen MR) is 98.4 cm³/mol. The number of piperazine rings is 1. The van der Waals surface area contributed by atoms with Crippen molar-refractivity contribution in [3.8, 4) is 0 Å². The number of carboxylic acid groups (broad SMARTS) is 1. The molecule has 1 N–H and O–H groups in total. The summed E-state index contributed by atoms with van der Waals surface area (Å²) in [5.41, 5.74) is -1.52. The zero-order valence-electron chi connectivity index (χ0n) is 16.2. The molecule has 1 heterocycles. The maximum absolute atomic E-state index is 12.8. The topological polar surface area (TPSA) is 130 Å². The molecule has 1 atom stereocenters. The molecule has 1 aliphatic rings. The number of benzene rings is 1. The first-order valence-corrected chi connectivity index (χ1v) is 8.70. The summed E-state index contributed by atoms with van der Waals surface area (Å²) in [6, 6.07) is 2.75. The Bertz CT molecular complexity index is 784. The zero-order valence-corrected chi connectivity index (χ0v) is 16.2. The number of nitrogens with zero attached hydrogens (tertiary/aromatic N) is 3. The van der Waals surface area contributed by atoms with Gasteiger partial charge in [-0.2, -0.15) is 0 Å². The Morgan fingerprint density at radius 2 is 1.79 bits per heavy atom. The highest BCUT2D eigenvalue weighted by molar-refractivity contribution is 5.98. The molecule has 0 aliphatic carbocycles. The van der Waals surface area contributed by atoms with E-state index in [2.05, 4.69) is 0 Å². The lowest BCUT2D eigenvalue weighted by atomic mass is 10.1. The van der Waals surface area contributed by atoms with Gasteiger partial charge in [-0.05, 0) is 33.8 Å². The van der Waals surface area contributed by atoms with E-state index in [1.165, 1.54) is 9.80 Å². The molecule has 1 fully saturated rings. The van der Waals surface area contributed by atoms with Crippen molar-refractivity contribution in [3.05, 3.63) is 39.4 Å². The Hall–Kier alpha value is -3.17. The number of nitro groups is 1. The molecule has 0 bridgehead atoms. The van der Waals surface area contributed by atoms with E-state index in [0.29, 0.717) is 0 Å². The summed E-state index contributed by atoms with van der Waals surface area (Å²) >= 11 is 0. The summed E-state index contributed by atoms with van der Waals surface area (Å²) in [5.74, 6) is -1.89. The summed E-state index contributed by atoms with van der Waals surface area (Å²) in [6.07, 6.45) is -0.476. The summed E-state index contributed by atoms with van der Waals surface area (Å²) < 4.78 is 5.36. The second kappa shape index (κ2) is 7.83. The molecule has 1 saturated heterocycles. The molecular weight excluding hydrogens is 370 g/mol. The summed E-state index contributed by atoms with van der Waals surface area (Å²) in [7, 11) is 0. The van der Waals surface area contributed by atoms with Crippen LogP contribution in [0.5, 0.6) is 0 Å². The second-order valence-corrected chi connectivity index (χ2v) is 7.60. The van der Waals surface area contributed by atoms with E-state index in [-0.39, 0.29) is 36.8 Å². The fourth-order valence-electron chi connectivity index (χ4n) is 2.88. The quantitative estimate of drug-likeness (QED) is 0.616. The number of amides is 2. The van der Waals surface area contributed by atoms with Crippen molar-refractivity contribution in [1.29, 1.82) is 0 Å². The third-order valence-corrected chi connectivity index (χ3v) is 4.17. The van der Waals surface area contributed by atoms with Gasteiger partial charge in [-0.15, -0.1) is 0 Å². The number of hydrogen-bond acceptors (Lipinski definition) is 6. The standard InChI is InChI=1S/C18H23N3O7/c1-11-10-19(5-6-20(11)17(25)28-18(2,3)4)15(22)12-7-13(16(23)24)9-14(8-12)21(26)27/h7-9,11H,5-6,10H2,1-4H3,(H,23,24). The van der Waals surface area contributed by atoms with Crippen LogP contribution in [0.4, 0.5) is 10.5 Å². The van der Waals surface area contributed by atoms with Gasteiger partial charge in [0.1, 0.15) is 5.60 Å². The van der Waals surface area contributed by atoms with Crippen LogP contribution in [-0.2, 0) is 4.74 Å². The molecule has 0 saturated carbocycles. The van der Waals surface area contributed by atoms with Gasteiger partial charge in [0.05, 0.1) is 10.5 Å². The molecule has 10 nitrogen and oxygen atoms in total. The van der Waals surface area contributed by atoms with Crippen LogP contribution in [0, 0.1) is 10.1 Å². The van der Waals surface area contributed by atoms with Gasteiger partial charge in [0.2, 0.25) is 0 Å². The first-order valence-electron chi connectivity index (χ1n) is 8.70. The molecule has 28 heavy (non-hydrogen) atoms. The van der Waals surface area contributed by atoms with Crippen LogP contribution in [0.2, 0.25) is 0 Å². The highest BCUT2D eigenvalue weighted by atomic mass is 16.6. The summed E-state index contributed by atoms with van der Waals surface area (Å²) in [6.45, 7) is 7.69. The third-order valence-electron chi connectivity index (χ3n) is 4.17. The van der Waals surface area contributed by atoms with E-state index in [9.17, 15) is 24.5 Å². The lowest BCUT2D eigenvalue weighted by molar-refractivity contribution is -0.384. The van der Waals surface area contributed by atoms with Crippen molar-refractivity contribution in [3.63, 3.8) is 0 Å². The molecule has 0 spiro atoms. The van der Waals surface area contributed by atoms with Crippen LogP contribution in [0.25, 0.3) is 0 Å². The third kappa shape index (κ3) is 4.96. The predicted octanol–water partition coefficient (Wildman–Crippen LogP) is 2.37. The normalized spacial score (nSPS) is 17.2. The largest absolute Gasteiger partial charge is 0.478 e. The maximum atomic E-state index is 12.8. The molecule has 1 unspecified atom stereocenters. The van der Waals surface area contributed by atoms with E-state index < -0.39 is 34.2 Å².